The molecule has 3 heterocycles. The molecule has 10 heteroatoms. The molecule has 0 radical (unpaired) electrons. The van der Waals surface area contributed by atoms with Gasteiger partial charge in [0.2, 0.25) is 10.0 Å². The Morgan fingerprint density at radius 1 is 1.07 bits per heavy atom. The number of anilines is 1. The van der Waals surface area contributed by atoms with E-state index >= 15 is 0 Å². The first-order valence-electron chi connectivity index (χ1n) is 14.4. The third kappa shape index (κ3) is 6.26. The summed E-state index contributed by atoms with van der Waals surface area (Å²) in [6.07, 6.45) is 4.44. The van der Waals surface area contributed by atoms with Crippen molar-refractivity contribution in [2.24, 2.45) is 0 Å². The summed E-state index contributed by atoms with van der Waals surface area (Å²) in [5.41, 5.74) is 3.72. The molecule has 1 unspecified atom stereocenters. The lowest BCUT2D eigenvalue weighted by Crippen LogP contribution is -2.43. The van der Waals surface area contributed by atoms with Crippen LogP contribution >= 0.6 is 11.3 Å². The maximum atomic E-state index is 13.9. The Morgan fingerprint density at radius 2 is 1.80 bits per heavy atom. The summed E-state index contributed by atoms with van der Waals surface area (Å²) in [6, 6.07) is 10.7. The Labute approximate surface area is 242 Å². The van der Waals surface area contributed by atoms with E-state index in [2.05, 4.69) is 30.9 Å². The highest BCUT2D eigenvalue weighted by molar-refractivity contribution is 7.89. The van der Waals surface area contributed by atoms with Gasteiger partial charge in [-0.15, -0.1) is 0 Å². The largest absolute Gasteiger partial charge is 0.379 e. The number of nitrogens with zero attached hydrogens (tertiary/aromatic N) is 4. The highest BCUT2D eigenvalue weighted by atomic mass is 32.2. The van der Waals surface area contributed by atoms with E-state index in [-0.39, 0.29) is 16.8 Å². The van der Waals surface area contributed by atoms with Gasteiger partial charge < -0.3 is 4.74 Å². The maximum Gasteiger partial charge on any atom is 0.260 e. The lowest BCUT2D eigenvalue weighted by Gasteiger charge is -2.34. The van der Waals surface area contributed by atoms with Crippen molar-refractivity contribution in [3.05, 3.63) is 53.1 Å². The fraction of sp³-hybridized carbons (Fsp3) is 0.533. The van der Waals surface area contributed by atoms with Crippen LogP contribution < -0.4 is 4.90 Å². The third-order valence-corrected chi connectivity index (χ3v) is 11.2. The second kappa shape index (κ2) is 12.7. The van der Waals surface area contributed by atoms with E-state index in [1.807, 2.05) is 6.92 Å². The van der Waals surface area contributed by atoms with Crippen LogP contribution in [0.1, 0.15) is 60.5 Å². The van der Waals surface area contributed by atoms with Crippen LogP contribution in [0, 0.1) is 13.8 Å². The van der Waals surface area contributed by atoms with Crippen LogP contribution in [0.25, 0.3) is 10.2 Å². The maximum absolute atomic E-state index is 13.9. The first-order valence-corrected chi connectivity index (χ1v) is 16.6. The van der Waals surface area contributed by atoms with Crippen molar-refractivity contribution >= 4 is 42.6 Å². The van der Waals surface area contributed by atoms with Crippen molar-refractivity contribution in [2.75, 3.05) is 50.8 Å². The van der Waals surface area contributed by atoms with E-state index < -0.39 is 10.0 Å². The number of rotatable bonds is 9. The minimum Gasteiger partial charge on any atom is -0.379 e. The zero-order chi connectivity index (χ0) is 28.3. The molecule has 2 saturated heterocycles. The minimum absolute atomic E-state index is 0.0355. The van der Waals surface area contributed by atoms with Crippen molar-refractivity contribution in [1.29, 1.82) is 0 Å². The Balaban J connectivity index is 1.39. The average Bonchev–Trinajstić information content (AvgIpc) is 3.37. The molecule has 0 saturated carbocycles. The number of piperidine rings is 1. The number of morpholine rings is 1. The molecule has 1 amide bonds. The fourth-order valence-corrected chi connectivity index (χ4v) is 8.44. The van der Waals surface area contributed by atoms with Gasteiger partial charge in [-0.2, -0.15) is 4.31 Å². The number of fused-ring (bicyclic) bond motifs is 1. The van der Waals surface area contributed by atoms with Crippen LogP contribution in [0.15, 0.2) is 41.3 Å². The first-order chi connectivity index (χ1) is 19.3. The average molecular weight is 585 g/mol. The van der Waals surface area contributed by atoms with E-state index in [0.717, 1.165) is 75.2 Å². The van der Waals surface area contributed by atoms with Gasteiger partial charge in [0.1, 0.15) is 0 Å². The van der Waals surface area contributed by atoms with Crippen LogP contribution in [-0.2, 0) is 14.8 Å². The summed E-state index contributed by atoms with van der Waals surface area (Å²) >= 11 is 1.52. The number of carbonyl (C=O) groups excluding carboxylic acids is 1. The topological polar surface area (TPSA) is 83.1 Å². The number of hydrogen-bond acceptors (Lipinski definition) is 7. The number of ether oxygens (including phenoxy) is 1. The molecule has 2 aliphatic heterocycles. The molecule has 1 atom stereocenters. The summed E-state index contributed by atoms with van der Waals surface area (Å²) in [5, 5.41) is 0.669. The van der Waals surface area contributed by atoms with Crippen molar-refractivity contribution in [3.8, 4) is 0 Å². The molecule has 2 aliphatic rings. The Bertz CT molecular complexity index is 1390. The Morgan fingerprint density at radius 3 is 2.52 bits per heavy atom. The van der Waals surface area contributed by atoms with Gasteiger partial charge in [0.05, 0.1) is 28.3 Å². The normalized spacial score (nSPS) is 19.2. The number of hydrogen-bond donors (Lipinski definition) is 0. The molecule has 0 bridgehead atoms. The SMILES string of the molecule is CCC1CCCCN1S(=O)(=O)c1ccc(C(=O)N(CCCN2CCOCC2)c2nc3cc(C)c(C)cc3s2)cc1. The Kier molecular flexibility index (Phi) is 9.21. The quantitative estimate of drug-likeness (QED) is 0.342. The number of benzene rings is 2. The molecule has 40 heavy (non-hydrogen) atoms. The molecule has 2 aromatic carbocycles. The molecule has 216 valence electrons. The van der Waals surface area contributed by atoms with Crippen molar-refractivity contribution in [1.82, 2.24) is 14.2 Å². The lowest BCUT2D eigenvalue weighted by atomic mass is 10.0. The second-order valence-electron chi connectivity index (χ2n) is 10.9. The van der Waals surface area contributed by atoms with Crippen LogP contribution in [0.4, 0.5) is 5.13 Å². The molecule has 0 spiro atoms. The lowest BCUT2D eigenvalue weighted by molar-refractivity contribution is 0.0376. The summed E-state index contributed by atoms with van der Waals surface area (Å²) in [6.45, 7) is 11.4. The number of carbonyl (C=O) groups is 1. The smallest absolute Gasteiger partial charge is 0.260 e. The van der Waals surface area contributed by atoms with E-state index in [0.29, 0.717) is 23.8 Å². The predicted octanol–water partition coefficient (Wildman–Crippen LogP) is 5.24. The van der Waals surface area contributed by atoms with E-state index in [9.17, 15) is 13.2 Å². The minimum atomic E-state index is -3.61. The van der Waals surface area contributed by atoms with Crippen LogP contribution in [0.3, 0.4) is 0 Å². The summed E-state index contributed by atoms with van der Waals surface area (Å²) in [4.78, 5) is 23.1. The molecule has 2 fully saturated rings. The van der Waals surface area contributed by atoms with Gasteiger partial charge in [-0.05, 0) is 87.1 Å². The van der Waals surface area contributed by atoms with Gasteiger partial charge >= 0.3 is 0 Å². The number of amides is 1. The van der Waals surface area contributed by atoms with Gasteiger partial charge in [0.15, 0.2) is 5.13 Å². The monoisotopic (exact) mass is 584 g/mol. The van der Waals surface area contributed by atoms with Crippen molar-refractivity contribution < 1.29 is 17.9 Å². The van der Waals surface area contributed by atoms with Gasteiger partial charge in [-0.1, -0.05) is 24.7 Å². The van der Waals surface area contributed by atoms with Gasteiger partial charge in [0, 0.05) is 44.3 Å². The zero-order valence-corrected chi connectivity index (χ0v) is 25.4. The predicted molar refractivity (Wildman–Crippen MR) is 161 cm³/mol. The summed E-state index contributed by atoms with van der Waals surface area (Å²) in [7, 11) is -3.61. The van der Waals surface area contributed by atoms with Crippen LogP contribution in [0.5, 0.6) is 0 Å². The van der Waals surface area contributed by atoms with Gasteiger partial charge in [-0.3, -0.25) is 14.6 Å². The number of aromatic nitrogens is 1. The van der Waals surface area contributed by atoms with Crippen LogP contribution in [0.2, 0.25) is 0 Å². The van der Waals surface area contributed by atoms with Crippen molar-refractivity contribution in [3.63, 3.8) is 0 Å². The number of sulfonamides is 1. The van der Waals surface area contributed by atoms with Crippen LogP contribution in [-0.4, -0.2) is 80.5 Å². The van der Waals surface area contributed by atoms with E-state index in [1.54, 1.807) is 33.5 Å². The molecule has 5 rings (SSSR count). The van der Waals surface area contributed by atoms with Gasteiger partial charge in [0.25, 0.3) is 5.91 Å². The number of aryl methyl sites for hydroxylation is 2. The Hall–Kier alpha value is -2.37. The molecule has 3 aromatic rings. The summed E-state index contributed by atoms with van der Waals surface area (Å²) in [5.74, 6) is -0.164. The highest BCUT2D eigenvalue weighted by Gasteiger charge is 2.32. The molecular formula is C30H40N4O4S2. The molecule has 8 nitrogen and oxygen atoms in total. The summed E-state index contributed by atoms with van der Waals surface area (Å²) < 4.78 is 35.1. The second-order valence-corrected chi connectivity index (χ2v) is 13.8. The zero-order valence-electron chi connectivity index (χ0n) is 23.8. The third-order valence-electron chi connectivity index (χ3n) is 8.18. The highest BCUT2D eigenvalue weighted by Crippen LogP contribution is 2.32. The first kappa shape index (κ1) is 29.1. The fourth-order valence-electron chi connectivity index (χ4n) is 5.60. The molecule has 0 N–H and O–H groups in total. The van der Waals surface area contributed by atoms with Gasteiger partial charge in [-0.25, -0.2) is 13.4 Å². The molecular weight excluding hydrogens is 544 g/mol. The molecule has 1 aromatic heterocycles. The standard InChI is InChI=1S/C30H40N4O4S2/c1-4-25-8-5-6-15-34(25)40(36,37)26-11-9-24(10-12-26)29(35)33(14-7-13-32-16-18-38-19-17-32)30-31-27-20-22(2)23(3)21-28(27)39-30/h9-12,20-21,25H,4-8,13-19H2,1-3H3. The van der Waals surface area contributed by atoms with Crippen molar-refractivity contribution in [2.45, 2.75) is 63.8 Å². The molecule has 0 aliphatic carbocycles. The van der Waals surface area contributed by atoms with E-state index in [4.69, 9.17) is 9.72 Å². The van der Waals surface area contributed by atoms with E-state index in [1.165, 1.54) is 22.5 Å². The number of thiazole rings is 1.